The van der Waals surface area contributed by atoms with Crippen LogP contribution in [0.25, 0.3) is 10.2 Å². The highest BCUT2D eigenvalue weighted by Gasteiger charge is 2.11. The summed E-state index contributed by atoms with van der Waals surface area (Å²) in [6.45, 7) is 0. The van der Waals surface area contributed by atoms with Gasteiger partial charge in [0.25, 0.3) is 5.91 Å². The number of benzene rings is 1. The number of carbonyl (C=O) groups excluding carboxylic acids is 2. The Labute approximate surface area is 167 Å². The van der Waals surface area contributed by atoms with E-state index in [2.05, 4.69) is 25.8 Å². The molecular weight excluding hydrogens is 398 g/mol. The van der Waals surface area contributed by atoms with Crippen LogP contribution in [0.4, 0.5) is 10.9 Å². The number of thioether (sulfide) groups is 1. The Morgan fingerprint density at radius 1 is 1.04 bits per heavy atom. The van der Waals surface area contributed by atoms with Crippen molar-refractivity contribution in [3.05, 3.63) is 60.6 Å². The first-order chi connectivity index (χ1) is 13.7. The average molecular weight is 411 g/mol. The highest BCUT2D eigenvalue weighted by Crippen LogP contribution is 2.25. The van der Waals surface area contributed by atoms with Gasteiger partial charge in [-0.15, -0.1) is 10.2 Å². The van der Waals surface area contributed by atoms with Gasteiger partial charge in [-0.2, -0.15) is 0 Å². The van der Waals surface area contributed by atoms with Crippen molar-refractivity contribution in [2.45, 2.75) is 5.03 Å². The molecule has 0 aliphatic rings. The molecule has 2 N–H and O–H groups in total. The fraction of sp³-hybridized carbons (Fsp3) is 0.0556. The standard InChI is InChI=1S/C18H13N5O3S2/c24-15(21-18-19-11-4-1-2-6-13(11)28-18)10-27-16-8-7-14(22-23-16)20-17(25)12-5-3-9-26-12/h1-9H,10H2,(H,19,21,24)(H,20,22,25). The normalized spacial score (nSPS) is 10.7. The van der Waals surface area contributed by atoms with E-state index < -0.39 is 5.91 Å². The van der Waals surface area contributed by atoms with E-state index in [4.69, 9.17) is 4.42 Å². The van der Waals surface area contributed by atoms with Crippen molar-refractivity contribution in [3.8, 4) is 0 Å². The summed E-state index contributed by atoms with van der Waals surface area (Å²) < 4.78 is 6.03. The highest BCUT2D eigenvalue weighted by molar-refractivity contribution is 7.99. The van der Waals surface area contributed by atoms with Crippen molar-refractivity contribution in [2.75, 3.05) is 16.4 Å². The number of amides is 2. The lowest BCUT2D eigenvalue weighted by atomic mass is 10.3. The van der Waals surface area contributed by atoms with E-state index in [0.29, 0.717) is 16.0 Å². The Morgan fingerprint density at radius 3 is 2.68 bits per heavy atom. The molecule has 0 saturated heterocycles. The number of furan rings is 1. The van der Waals surface area contributed by atoms with Gasteiger partial charge in [0.1, 0.15) is 5.03 Å². The average Bonchev–Trinajstić information content (AvgIpc) is 3.37. The molecule has 8 nitrogen and oxygen atoms in total. The third-order valence-electron chi connectivity index (χ3n) is 3.52. The largest absolute Gasteiger partial charge is 0.459 e. The number of carbonyl (C=O) groups is 2. The summed E-state index contributed by atoms with van der Waals surface area (Å²) in [5.41, 5.74) is 0.855. The fourth-order valence-electron chi connectivity index (χ4n) is 2.27. The monoisotopic (exact) mass is 411 g/mol. The number of aromatic nitrogens is 3. The molecular formula is C18H13N5O3S2. The second-order valence-corrected chi connectivity index (χ2v) is 7.54. The molecule has 140 valence electrons. The molecule has 0 fully saturated rings. The number of fused-ring (bicyclic) bond motifs is 1. The van der Waals surface area contributed by atoms with Gasteiger partial charge in [0.2, 0.25) is 5.91 Å². The zero-order chi connectivity index (χ0) is 19.3. The van der Waals surface area contributed by atoms with Crippen LogP contribution < -0.4 is 10.6 Å². The van der Waals surface area contributed by atoms with Gasteiger partial charge >= 0.3 is 0 Å². The number of rotatable bonds is 6. The van der Waals surface area contributed by atoms with E-state index in [1.807, 2.05) is 24.3 Å². The number of para-hydroxylation sites is 1. The lowest BCUT2D eigenvalue weighted by Crippen LogP contribution is -2.14. The second kappa shape index (κ2) is 8.19. The first-order valence-corrected chi connectivity index (χ1v) is 9.94. The van der Waals surface area contributed by atoms with Crippen molar-refractivity contribution in [1.82, 2.24) is 15.2 Å². The minimum atomic E-state index is -0.407. The summed E-state index contributed by atoms with van der Waals surface area (Å²) in [5.74, 6) is 0.0651. The van der Waals surface area contributed by atoms with Crippen LogP contribution in [0.2, 0.25) is 0 Å². The summed E-state index contributed by atoms with van der Waals surface area (Å²) in [6, 6.07) is 14.2. The maximum absolute atomic E-state index is 12.1. The first kappa shape index (κ1) is 18.1. The molecule has 0 saturated carbocycles. The Balaban J connectivity index is 1.29. The van der Waals surface area contributed by atoms with Crippen LogP contribution in [0, 0.1) is 0 Å². The third kappa shape index (κ3) is 4.35. The number of hydrogen-bond acceptors (Lipinski definition) is 8. The second-order valence-electron chi connectivity index (χ2n) is 5.51. The SMILES string of the molecule is O=C(CSc1ccc(NC(=O)c2ccco2)nn1)Nc1nc2ccccc2s1. The number of hydrogen-bond donors (Lipinski definition) is 2. The van der Waals surface area contributed by atoms with Crippen molar-refractivity contribution in [1.29, 1.82) is 0 Å². The summed E-state index contributed by atoms with van der Waals surface area (Å²) in [6.07, 6.45) is 1.42. The minimum Gasteiger partial charge on any atom is -0.459 e. The molecule has 1 aromatic carbocycles. The van der Waals surface area contributed by atoms with Crippen LogP contribution in [0.15, 0.2) is 64.2 Å². The molecule has 0 radical (unpaired) electrons. The predicted octanol–water partition coefficient (Wildman–Crippen LogP) is 3.66. The van der Waals surface area contributed by atoms with Gasteiger partial charge < -0.3 is 15.1 Å². The maximum Gasteiger partial charge on any atom is 0.292 e. The van der Waals surface area contributed by atoms with E-state index in [-0.39, 0.29) is 17.4 Å². The lowest BCUT2D eigenvalue weighted by molar-refractivity contribution is -0.113. The van der Waals surface area contributed by atoms with Crippen LogP contribution >= 0.6 is 23.1 Å². The first-order valence-electron chi connectivity index (χ1n) is 8.14. The number of anilines is 2. The van der Waals surface area contributed by atoms with Crippen molar-refractivity contribution >= 4 is 56.1 Å². The van der Waals surface area contributed by atoms with E-state index in [1.165, 1.54) is 29.4 Å². The molecule has 0 spiro atoms. The van der Waals surface area contributed by atoms with Gasteiger partial charge in [0.05, 0.1) is 22.2 Å². The number of thiazole rings is 1. The zero-order valence-electron chi connectivity index (χ0n) is 14.3. The minimum absolute atomic E-state index is 0.169. The van der Waals surface area contributed by atoms with Gasteiger partial charge in [0, 0.05) is 0 Å². The van der Waals surface area contributed by atoms with E-state index >= 15 is 0 Å². The van der Waals surface area contributed by atoms with Crippen LogP contribution in [0.3, 0.4) is 0 Å². The molecule has 2 amide bonds. The molecule has 4 rings (SSSR count). The zero-order valence-corrected chi connectivity index (χ0v) is 15.9. The molecule has 28 heavy (non-hydrogen) atoms. The van der Waals surface area contributed by atoms with Gasteiger partial charge in [-0.25, -0.2) is 4.98 Å². The van der Waals surface area contributed by atoms with Gasteiger partial charge in [-0.1, -0.05) is 35.2 Å². The topological polar surface area (TPSA) is 110 Å². The van der Waals surface area contributed by atoms with Crippen molar-refractivity contribution in [2.24, 2.45) is 0 Å². The van der Waals surface area contributed by atoms with Crippen molar-refractivity contribution < 1.29 is 14.0 Å². The fourth-order valence-corrected chi connectivity index (χ4v) is 3.77. The van der Waals surface area contributed by atoms with Crippen LogP contribution in [0.1, 0.15) is 10.6 Å². The summed E-state index contributed by atoms with van der Waals surface area (Å²) in [4.78, 5) is 28.4. The predicted molar refractivity (Wildman–Crippen MR) is 108 cm³/mol. The highest BCUT2D eigenvalue weighted by atomic mass is 32.2. The molecule has 0 aliphatic carbocycles. The van der Waals surface area contributed by atoms with Crippen LogP contribution in [-0.2, 0) is 4.79 Å². The van der Waals surface area contributed by atoms with E-state index in [9.17, 15) is 9.59 Å². The smallest absolute Gasteiger partial charge is 0.292 e. The van der Waals surface area contributed by atoms with E-state index in [1.54, 1.807) is 24.3 Å². The Kier molecular flexibility index (Phi) is 5.31. The molecule has 0 unspecified atom stereocenters. The molecule has 10 heteroatoms. The van der Waals surface area contributed by atoms with Crippen LogP contribution in [-0.4, -0.2) is 32.7 Å². The molecule has 0 bridgehead atoms. The maximum atomic E-state index is 12.1. The Hall–Kier alpha value is -3.24. The quantitative estimate of drug-likeness (QED) is 0.466. The molecule has 0 atom stereocenters. The Morgan fingerprint density at radius 2 is 1.93 bits per heavy atom. The van der Waals surface area contributed by atoms with Gasteiger partial charge in [-0.05, 0) is 36.4 Å². The Bertz CT molecular complexity index is 1080. The van der Waals surface area contributed by atoms with Crippen LogP contribution in [0.5, 0.6) is 0 Å². The third-order valence-corrected chi connectivity index (χ3v) is 5.39. The summed E-state index contributed by atoms with van der Waals surface area (Å²) >= 11 is 2.67. The van der Waals surface area contributed by atoms with Gasteiger partial charge in [0.15, 0.2) is 16.7 Å². The lowest BCUT2D eigenvalue weighted by Gasteiger charge is -2.03. The van der Waals surface area contributed by atoms with E-state index in [0.717, 1.165) is 10.2 Å². The number of nitrogens with one attached hydrogen (secondary N) is 2. The molecule has 3 heterocycles. The molecule has 0 aliphatic heterocycles. The summed E-state index contributed by atoms with van der Waals surface area (Å²) in [5, 5.41) is 14.4. The molecule has 4 aromatic rings. The van der Waals surface area contributed by atoms with Gasteiger partial charge in [-0.3, -0.25) is 9.59 Å². The van der Waals surface area contributed by atoms with Crippen molar-refractivity contribution in [3.63, 3.8) is 0 Å². The summed E-state index contributed by atoms with van der Waals surface area (Å²) in [7, 11) is 0. The number of nitrogens with zero attached hydrogens (tertiary/aromatic N) is 3. The molecule has 3 aromatic heterocycles.